The smallest absolute Gasteiger partial charge is 0.410 e. The summed E-state index contributed by atoms with van der Waals surface area (Å²) in [5, 5.41) is 0. The van der Waals surface area contributed by atoms with Crippen LogP contribution in [0.2, 0.25) is 0 Å². The molecular weight excluding hydrogens is 206 g/mol. The average Bonchev–Trinajstić information content (AvgIpc) is 2.77. The van der Waals surface area contributed by atoms with Crippen LogP contribution in [0, 0.1) is 17.8 Å². The minimum atomic E-state index is -0.424. The van der Waals surface area contributed by atoms with Crippen molar-refractivity contribution < 1.29 is 14.3 Å². The van der Waals surface area contributed by atoms with Gasteiger partial charge in [0.25, 0.3) is 0 Å². The summed E-state index contributed by atoms with van der Waals surface area (Å²) in [7, 11) is 0. The summed E-state index contributed by atoms with van der Waals surface area (Å²) in [4.78, 5) is 23.9. The van der Waals surface area contributed by atoms with Crippen LogP contribution in [-0.2, 0) is 9.53 Å². The zero-order valence-corrected chi connectivity index (χ0v) is 10.1. The normalized spacial score (nSPS) is 29.6. The van der Waals surface area contributed by atoms with Gasteiger partial charge in [0.15, 0.2) is 0 Å². The van der Waals surface area contributed by atoms with Crippen LogP contribution < -0.4 is 0 Å². The van der Waals surface area contributed by atoms with Crippen LogP contribution in [0.3, 0.4) is 0 Å². The highest BCUT2D eigenvalue weighted by Gasteiger charge is 2.48. The van der Waals surface area contributed by atoms with Crippen LogP contribution in [0.15, 0.2) is 0 Å². The van der Waals surface area contributed by atoms with Crippen LogP contribution in [-0.4, -0.2) is 36.0 Å². The Morgan fingerprint density at radius 2 is 2.00 bits per heavy atom. The van der Waals surface area contributed by atoms with Crippen molar-refractivity contribution in [2.75, 3.05) is 13.1 Å². The molecule has 1 aliphatic carbocycles. The van der Waals surface area contributed by atoms with Crippen LogP contribution in [0.5, 0.6) is 0 Å². The Bertz CT molecular complexity index is 302. The predicted octanol–water partition coefficient (Wildman–Crippen LogP) is 1.69. The molecule has 0 spiro atoms. The lowest BCUT2D eigenvalue weighted by molar-refractivity contribution is -0.109. The summed E-state index contributed by atoms with van der Waals surface area (Å²) in [6, 6.07) is 0. The van der Waals surface area contributed by atoms with E-state index < -0.39 is 5.60 Å². The molecule has 0 bridgehead atoms. The number of ether oxygens (including phenoxy) is 1. The minimum Gasteiger partial charge on any atom is -0.444 e. The second-order valence-electron chi connectivity index (χ2n) is 5.84. The van der Waals surface area contributed by atoms with Gasteiger partial charge in [0, 0.05) is 19.0 Å². The van der Waals surface area contributed by atoms with E-state index in [-0.39, 0.29) is 12.0 Å². The first kappa shape index (κ1) is 11.4. The van der Waals surface area contributed by atoms with Crippen molar-refractivity contribution in [1.82, 2.24) is 4.90 Å². The molecule has 1 amide bonds. The number of hydrogen-bond acceptors (Lipinski definition) is 3. The summed E-state index contributed by atoms with van der Waals surface area (Å²) in [6.07, 6.45) is 1.82. The maximum absolute atomic E-state index is 11.6. The molecule has 1 saturated heterocycles. The second-order valence-corrected chi connectivity index (χ2v) is 5.84. The molecule has 0 N–H and O–H groups in total. The van der Waals surface area contributed by atoms with Gasteiger partial charge in [0.2, 0.25) is 0 Å². The lowest BCUT2D eigenvalue weighted by atomic mass is 9.94. The van der Waals surface area contributed by atoms with E-state index in [0.29, 0.717) is 11.8 Å². The fraction of sp³-hybridized carbons (Fsp3) is 0.833. The molecule has 2 atom stereocenters. The Balaban J connectivity index is 1.72. The van der Waals surface area contributed by atoms with Crippen molar-refractivity contribution >= 4 is 12.4 Å². The van der Waals surface area contributed by atoms with Gasteiger partial charge in [-0.1, -0.05) is 0 Å². The Morgan fingerprint density at radius 3 is 2.44 bits per heavy atom. The largest absolute Gasteiger partial charge is 0.444 e. The molecule has 2 aliphatic rings. The third-order valence-corrected chi connectivity index (χ3v) is 3.23. The lowest BCUT2D eigenvalue weighted by Crippen LogP contribution is -2.52. The average molecular weight is 225 g/mol. The fourth-order valence-corrected chi connectivity index (χ4v) is 2.19. The van der Waals surface area contributed by atoms with Gasteiger partial charge in [0.1, 0.15) is 11.9 Å². The van der Waals surface area contributed by atoms with Crippen molar-refractivity contribution in [3.8, 4) is 0 Å². The maximum Gasteiger partial charge on any atom is 0.410 e. The summed E-state index contributed by atoms with van der Waals surface area (Å²) in [5.74, 6) is 1.30. The molecule has 2 fully saturated rings. The topological polar surface area (TPSA) is 46.6 Å². The second kappa shape index (κ2) is 3.75. The maximum atomic E-state index is 11.6. The molecule has 90 valence electrons. The zero-order valence-electron chi connectivity index (χ0n) is 10.1. The van der Waals surface area contributed by atoms with Crippen LogP contribution in [0.4, 0.5) is 4.79 Å². The third kappa shape index (κ3) is 2.36. The molecule has 4 heteroatoms. The molecule has 0 aromatic carbocycles. The zero-order chi connectivity index (χ0) is 11.9. The van der Waals surface area contributed by atoms with E-state index in [0.717, 1.165) is 25.8 Å². The van der Waals surface area contributed by atoms with Gasteiger partial charge in [-0.25, -0.2) is 4.79 Å². The van der Waals surface area contributed by atoms with E-state index in [1.807, 2.05) is 20.8 Å². The highest BCUT2D eigenvalue weighted by Crippen LogP contribution is 2.46. The highest BCUT2D eigenvalue weighted by atomic mass is 16.6. The number of carbonyl (C=O) groups is 2. The van der Waals surface area contributed by atoms with Crippen molar-refractivity contribution in [2.45, 2.75) is 32.8 Å². The van der Waals surface area contributed by atoms with E-state index in [9.17, 15) is 9.59 Å². The molecule has 0 radical (unpaired) electrons. The number of carbonyl (C=O) groups excluding carboxylic acids is 2. The minimum absolute atomic E-state index is 0.230. The van der Waals surface area contributed by atoms with Crippen LogP contribution in [0.1, 0.15) is 27.2 Å². The molecule has 1 aliphatic heterocycles. The van der Waals surface area contributed by atoms with Crippen molar-refractivity contribution in [3.63, 3.8) is 0 Å². The fourth-order valence-electron chi connectivity index (χ4n) is 2.19. The van der Waals surface area contributed by atoms with Gasteiger partial charge in [-0.3, -0.25) is 0 Å². The number of aldehydes is 1. The van der Waals surface area contributed by atoms with E-state index in [4.69, 9.17) is 4.74 Å². The number of likely N-dealkylation sites (tertiary alicyclic amines) is 1. The third-order valence-electron chi connectivity index (χ3n) is 3.23. The van der Waals surface area contributed by atoms with E-state index in [2.05, 4.69) is 0 Å². The van der Waals surface area contributed by atoms with Gasteiger partial charge in [0.05, 0.1) is 0 Å². The molecule has 1 saturated carbocycles. The number of rotatable bonds is 2. The van der Waals surface area contributed by atoms with Crippen molar-refractivity contribution in [3.05, 3.63) is 0 Å². The molecule has 0 aromatic rings. The monoisotopic (exact) mass is 225 g/mol. The molecule has 0 aromatic heterocycles. The molecule has 0 unspecified atom stereocenters. The lowest BCUT2D eigenvalue weighted by Gasteiger charge is -2.40. The first-order valence-corrected chi connectivity index (χ1v) is 5.84. The number of nitrogens with zero attached hydrogens (tertiary/aromatic N) is 1. The van der Waals surface area contributed by atoms with Crippen molar-refractivity contribution in [2.24, 2.45) is 17.8 Å². The molecule has 1 heterocycles. The Kier molecular flexibility index (Phi) is 2.68. The standard InChI is InChI=1S/C12H19NO3/c1-12(2,3)16-11(15)13-5-9(6-13)10-4-8(10)7-14/h7-10H,4-6H2,1-3H3/t8-,10+/m0/s1. The van der Waals surface area contributed by atoms with Gasteiger partial charge >= 0.3 is 6.09 Å². The Hall–Kier alpha value is -1.06. The Labute approximate surface area is 95.9 Å². The summed E-state index contributed by atoms with van der Waals surface area (Å²) in [5.41, 5.74) is -0.424. The molecule has 4 nitrogen and oxygen atoms in total. The number of amides is 1. The highest BCUT2D eigenvalue weighted by molar-refractivity contribution is 5.69. The van der Waals surface area contributed by atoms with E-state index in [1.165, 1.54) is 0 Å². The van der Waals surface area contributed by atoms with Crippen LogP contribution >= 0.6 is 0 Å². The quantitative estimate of drug-likeness (QED) is 0.672. The molecule has 16 heavy (non-hydrogen) atoms. The molecular formula is C12H19NO3. The molecule has 2 rings (SSSR count). The first-order valence-electron chi connectivity index (χ1n) is 5.84. The van der Waals surface area contributed by atoms with Gasteiger partial charge in [-0.05, 0) is 39.0 Å². The summed E-state index contributed by atoms with van der Waals surface area (Å²) in [6.45, 7) is 7.11. The SMILES string of the molecule is CC(C)(C)OC(=O)N1CC([C@@H]2C[C@H]2C=O)C1. The summed E-state index contributed by atoms with van der Waals surface area (Å²) >= 11 is 0. The van der Waals surface area contributed by atoms with Gasteiger partial charge < -0.3 is 14.4 Å². The number of hydrogen-bond donors (Lipinski definition) is 0. The van der Waals surface area contributed by atoms with Gasteiger partial charge in [-0.15, -0.1) is 0 Å². The van der Waals surface area contributed by atoms with Crippen LogP contribution in [0.25, 0.3) is 0 Å². The first-order chi connectivity index (χ1) is 7.40. The van der Waals surface area contributed by atoms with E-state index in [1.54, 1.807) is 4.90 Å². The summed E-state index contributed by atoms with van der Waals surface area (Å²) < 4.78 is 5.26. The van der Waals surface area contributed by atoms with E-state index >= 15 is 0 Å². The predicted molar refractivity (Wildman–Crippen MR) is 59.0 cm³/mol. The van der Waals surface area contributed by atoms with Gasteiger partial charge in [-0.2, -0.15) is 0 Å². The van der Waals surface area contributed by atoms with Crippen molar-refractivity contribution in [1.29, 1.82) is 0 Å². The Morgan fingerprint density at radius 1 is 1.38 bits per heavy atom.